The van der Waals surface area contributed by atoms with Crippen LogP contribution in [0.2, 0.25) is 0 Å². The van der Waals surface area contributed by atoms with E-state index in [0.717, 1.165) is 6.08 Å². The first-order chi connectivity index (χ1) is 13.3. The molecule has 0 atom stereocenters. The highest BCUT2D eigenvalue weighted by Crippen LogP contribution is 2.35. The lowest BCUT2D eigenvalue weighted by Gasteiger charge is -2.12. The van der Waals surface area contributed by atoms with Crippen LogP contribution in [0.15, 0.2) is 42.5 Å². The molecule has 0 heterocycles. The maximum Gasteiger partial charge on any atom is 0.332 e. The van der Waals surface area contributed by atoms with Crippen molar-refractivity contribution in [1.29, 1.82) is 0 Å². The van der Waals surface area contributed by atoms with E-state index in [1.54, 1.807) is 13.0 Å². The Labute approximate surface area is 161 Å². The van der Waals surface area contributed by atoms with Gasteiger partial charge in [0.1, 0.15) is 0 Å². The summed E-state index contributed by atoms with van der Waals surface area (Å²) < 4.78 is 5.01. The second kappa shape index (κ2) is 9.31. The van der Waals surface area contributed by atoms with Gasteiger partial charge >= 0.3 is 5.97 Å². The molecule has 28 heavy (non-hydrogen) atoms. The van der Waals surface area contributed by atoms with Crippen molar-refractivity contribution in [3.8, 4) is 23.0 Å². The molecule has 0 aliphatic carbocycles. The van der Waals surface area contributed by atoms with Crippen LogP contribution in [0.3, 0.4) is 0 Å². The number of phenolic OH excluding ortho intramolecular Hbond substituents is 3. The van der Waals surface area contributed by atoms with E-state index in [2.05, 4.69) is 4.84 Å². The van der Waals surface area contributed by atoms with E-state index in [0.29, 0.717) is 23.1 Å². The molecular weight excluding hydrogens is 366 g/mol. The van der Waals surface area contributed by atoms with E-state index >= 15 is 0 Å². The summed E-state index contributed by atoms with van der Waals surface area (Å²) in [4.78, 5) is 28.3. The number of ether oxygens (including phenoxy) is 1. The van der Waals surface area contributed by atoms with Crippen LogP contribution in [0.25, 0.3) is 5.57 Å². The normalized spacial score (nSPS) is 11.0. The summed E-state index contributed by atoms with van der Waals surface area (Å²) in [6.07, 6.45) is 1.88. The number of aromatic hydroxyl groups is 3. The Morgan fingerprint density at radius 2 is 1.64 bits per heavy atom. The smallest absolute Gasteiger partial charge is 0.332 e. The maximum atomic E-state index is 12.2. The zero-order valence-corrected chi connectivity index (χ0v) is 15.4. The first kappa shape index (κ1) is 20.6. The fraction of sp³-hybridized carbons (Fsp3) is 0.200. The molecule has 0 bridgehead atoms. The standard InChI is InChI=1S/C20H21NO7/c1-3-4-20(26)28-21-19(25)11-14(12-5-7-15(22)16(23)9-12)13-6-8-18(27-2)17(24)10-13/h5-11,22-24H,3-4H2,1-2H3,(H,21,25)/b14-11-. The van der Waals surface area contributed by atoms with Crippen molar-refractivity contribution in [3.63, 3.8) is 0 Å². The summed E-state index contributed by atoms with van der Waals surface area (Å²) in [6, 6.07) is 8.51. The van der Waals surface area contributed by atoms with E-state index in [1.165, 1.54) is 37.4 Å². The highest BCUT2D eigenvalue weighted by Gasteiger charge is 2.14. The van der Waals surface area contributed by atoms with Gasteiger partial charge in [-0.3, -0.25) is 4.79 Å². The van der Waals surface area contributed by atoms with Crippen LogP contribution in [-0.2, 0) is 14.4 Å². The number of carbonyl (C=O) groups is 2. The van der Waals surface area contributed by atoms with Gasteiger partial charge in [-0.15, -0.1) is 0 Å². The fourth-order valence-corrected chi connectivity index (χ4v) is 2.40. The third-order valence-electron chi connectivity index (χ3n) is 3.77. The van der Waals surface area contributed by atoms with Crippen molar-refractivity contribution in [3.05, 3.63) is 53.6 Å². The molecule has 0 saturated carbocycles. The lowest BCUT2D eigenvalue weighted by Crippen LogP contribution is -2.25. The van der Waals surface area contributed by atoms with Gasteiger partial charge in [-0.1, -0.05) is 19.1 Å². The molecule has 0 aliphatic rings. The minimum Gasteiger partial charge on any atom is -0.504 e. The van der Waals surface area contributed by atoms with Gasteiger partial charge in [-0.25, -0.2) is 4.79 Å². The van der Waals surface area contributed by atoms with Gasteiger partial charge in [0, 0.05) is 12.5 Å². The zero-order chi connectivity index (χ0) is 20.7. The molecular formula is C20H21NO7. The Kier molecular flexibility index (Phi) is 6.86. The Morgan fingerprint density at radius 1 is 1.00 bits per heavy atom. The third-order valence-corrected chi connectivity index (χ3v) is 3.77. The summed E-state index contributed by atoms with van der Waals surface area (Å²) in [6.45, 7) is 1.80. The van der Waals surface area contributed by atoms with E-state index in [4.69, 9.17) is 4.74 Å². The van der Waals surface area contributed by atoms with E-state index in [9.17, 15) is 24.9 Å². The predicted molar refractivity (Wildman–Crippen MR) is 101 cm³/mol. The molecule has 0 aliphatic heterocycles. The molecule has 2 aromatic carbocycles. The molecule has 0 fully saturated rings. The highest BCUT2D eigenvalue weighted by atomic mass is 16.7. The van der Waals surface area contributed by atoms with Gasteiger partial charge in [0.2, 0.25) is 0 Å². The average molecular weight is 387 g/mol. The molecule has 0 radical (unpaired) electrons. The first-order valence-electron chi connectivity index (χ1n) is 8.46. The number of amides is 1. The Hall–Kier alpha value is -3.68. The predicted octanol–water partition coefficient (Wildman–Crippen LogP) is 2.62. The molecule has 0 aromatic heterocycles. The average Bonchev–Trinajstić information content (AvgIpc) is 2.67. The van der Waals surface area contributed by atoms with E-state index in [-0.39, 0.29) is 29.4 Å². The first-order valence-corrected chi connectivity index (χ1v) is 8.46. The Balaban J connectivity index is 2.41. The van der Waals surface area contributed by atoms with Crippen LogP contribution < -0.4 is 10.2 Å². The molecule has 0 spiro atoms. The largest absolute Gasteiger partial charge is 0.504 e. The second-order valence-corrected chi connectivity index (χ2v) is 5.84. The van der Waals surface area contributed by atoms with Crippen molar-refractivity contribution in [2.45, 2.75) is 19.8 Å². The number of carbonyl (C=O) groups excluding carboxylic acids is 2. The molecule has 1 amide bonds. The van der Waals surface area contributed by atoms with Gasteiger partial charge in [-0.2, -0.15) is 5.48 Å². The third kappa shape index (κ3) is 5.16. The number of benzene rings is 2. The van der Waals surface area contributed by atoms with Crippen LogP contribution in [0.5, 0.6) is 23.0 Å². The summed E-state index contributed by atoms with van der Waals surface area (Å²) >= 11 is 0. The van der Waals surface area contributed by atoms with Crippen molar-refractivity contribution < 1.29 is 34.5 Å². The quantitative estimate of drug-likeness (QED) is 0.341. The van der Waals surface area contributed by atoms with Crippen LogP contribution >= 0.6 is 0 Å². The molecule has 2 rings (SSSR count). The van der Waals surface area contributed by atoms with Crippen LogP contribution in [0.4, 0.5) is 0 Å². The fourth-order valence-electron chi connectivity index (χ4n) is 2.40. The monoisotopic (exact) mass is 387 g/mol. The second-order valence-electron chi connectivity index (χ2n) is 5.84. The number of phenols is 3. The Bertz CT molecular complexity index is 905. The molecule has 0 saturated heterocycles. The van der Waals surface area contributed by atoms with Crippen molar-refractivity contribution in [2.24, 2.45) is 0 Å². The summed E-state index contributed by atoms with van der Waals surface area (Å²) in [5.74, 6) is -1.90. The van der Waals surface area contributed by atoms with E-state index < -0.39 is 11.9 Å². The minimum atomic E-state index is -0.720. The van der Waals surface area contributed by atoms with Crippen molar-refractivity contribution in [2.75, 3.05) is 7.11 Å². The molecule has 4 N–H and O–H groups in total. The van der Waals surface area contributed by atoms with Crippen LogP contribution in [0, 0.1) is 0 Å². The van der Waals surface area contributed by atoms with Gasteiger partial charge in [0.05, 0.1) is 7.11 Å². The van der Waals surface area contributed by atoms with Crippen molar-refractivity contribution in [1.82, 2.24) is 5.48 Å². The number of rotatable bonds is 6. The molecule has 148 valence electrons. The number of hydrogen-bond acceptors (Lipinski definition) is 7. The summed E-state index contributed by atoms with van der Waals surface area (Å²) in [7, 11) is 1.40. The number of hydroxylamine groups is 1. The van der Waals surface area contributed by atoms with Gasteiger partial charge in [-0.05, 0) is 47.4 Å². The van der Waals surface area contributed by atoms with Gasteiger partial charge in [0.25, 0.3) is 5.91 Å². The summed E-state index contributed by atoms with van der Waals surface area (Å²) in [5, 5.41) is 29.4. The highest BCUT2D eigenvalue weighted by molar-refractivity contribution is 5.99. The van der Waals surface area contributed by atoms with Crippen molar-refractivity contribution >= 4 is 17.4 Å². The molecule has 0 unspecified atom stereocenters. The number of methoxy groups -OCH3 is 1. The Morgan fingerprint density at radius 3 is 2.21 bits per heavy atom. The number of nitrogens with one attached hydrogen (secondary N) is 1. The van der Waals surface area contributed by atoms with E-state index in [1.807, 2.05) is 5.48 Å². The van der Waals surface area contributed by atoms with Crippen LogP contribution in [0.1, 0.15) is 30.9 Å². The minimum absolute atomic E-state index is 0.149. The summed E-state index contributed by atoms with van der Waals surface area (Å²) in [5.41, 5.74) is 3.15. The topological polar surface area (TPSA) is 125 Å². The lowest BCUT2D eigenvalue weighted by atomic mass is 9.96. The van der Waals surface area contributed by atoms with Crippen LogP contribution in [-0.4, -0.2) is 34.3 Å². The lowest BCUT2D eigenvalue weighted by molar-refractivity contribution is -0.156. The molecule has 8 heteroatoms. The molecule has 2 aromatic rings. The SMILES string of the molecule is CCCC(=O)ONC(=O)/C=C(/c1ccc(O)c(O)c1)c1ccc(OC)c(O)c1. The zero-order valence-electron chi connectivity index (χ0n) is 15.4. The van der Waals surface area contributed by atoms with Gasteiger partial charge < -0.3 is 24.9 Å². The maximum absolute atomic E-state index is 12.2. The number of hydrogen-bond donors (Lipinski definition) is 4. The van der Waals surface area contributed by atoms with Gasteiger partial charge in [0.15, 0.2) is 23.0 Å². The molecule has 8 nitrogen and oxygen atoms in total.